The third kappa shape index (κ3) is 7.21. The molecular weight excluding hydrogens is 373 g/mol. The van der Waals surface area contributed by atoms with Gasteiger partial charge in [-0.15, -0.1) is 0 Å². The zero-order valence-electron chi connectivity index (χ0n) is 17.1. The van der Waals surface area contributed by atoms with E-state index < -0.39 is 12.1 Å². The predicted octanol–water partition coefficient (Wildman–Crippen LogP) is 6.34. The third-order valence-corrected chi connectivity index (χ3v) is 5.40. The quantitative estimate of drug-likeness (QED) is 0.540. The molecule has 1 saturated carbocycles. The lowest BCUT2D eigenvalue weighted by Gasteiger charge is -2.38. The molecule has 29 heavy (non-hydrogen) atoms. The SMILES string of the molecule is CC#N.CN(CCCc1ccc(C2CCC2C(F)(F)F)cc1)Cc1ccccc1. The maximum absolute atomic E-state index is 12.9. The van der Waals surface area contributed by atoms with Crippen molar-refractivity contribution in [3.63, 3.8) is 0 Å². The molecule has 2 aromatic rings. The predicted molar refractivity (Wildman–Crippen MR) is 110 cm³/mol. The lowest BCUT2D eigenvalue weighted by atomic mass is 9.69. The van der Waals surface area contributed by atoms with Gasteiger partial charge in [0.2, 0.25) is 0 Å². The van der Waals surface area contributed by atoms with Crippen LogP contribution in [0.1, 0.15) is 48.8 Å². The highest BCUT2D eigenvalue weighted by Gasteiger charge is 2.50. The summed E-state index contributed by atoms with van der Waals surface area (Å²) in [6.07, 6.45) is -1.16. The van der Waals surface area contributed by atoms with Crippen LogP contribution in [0.3, 0.4) is 0 Å². The van der Waals surface area contributed by atoms with Gasteiger partial charge < -0.3 is 4.90 Å². The number of nitriles is 1. The maximum Gasteiger partial charge on any atom is 0.392 e. The summed E-state index contributed by atoms with van der Waals surface area (Å²) >= 11 is 0. The van der Waals surface area contributed by atoms with Crippen LogP contribution in [0.5, 0.6) is 0 Å². The van der Waals surface area contributed by atoms with Crippen LogP contribution in [-0.4, -0.2) is 24.7 Å². The van der Waals surface area contributed by atoms with Gasteiger partial charge in [0.1, 0.15) is 0 Å². The molecule has 0 heterocycles. The summed E-state index contributed by atoms with van der Waals surface area (Å²) in [6, 6.07) is 19.9. The smallest absolute Gasteiger partial charge is 0.302 e. The Labute approximate surface area is 172 Å². The number of benzene rings is 2. The number of rotatable bonds is 7. The lowest BCUT2D eigenvalue weighted by molar-refractivity contribution is -0.200. The van der Waals surface area contributed by atoms with Crippen LogP contribution < -0.4 is 0 Å². The molecule has 0 radical (unpaired) electrons. The molecule has 0 aliphatic heterocycles. The van der Waals surface area contributed by atoms with Gasteiger partial charge in [-0.25, -0.2) is 0 Å². The number of hydrogen-bond donors (Lipinski definition) is 0. The molecule has 1 aliphatic rings. The van der Waals surface area contributed by atoms with Crippen molar-refractivity contribution < 1.29 is 13.2 Å². The molecule has 156 valence electrons. The Morgan fingerprint density at radius 2 is 1.62 bits per heavy atom. The number of alkyl halides is 3. The molecule has 5 heteroatoms. The van der Waals surface area contributed by atoms with E-state index in [4.69, 9.17) is 5.26 Å². The summed E-state index contributed by atoms with van der Waals surface area (Å²) < 4.78 is 38.7. The summed E-state index contributed by atoms with van der Waals surface area (Å²) in [7, 11) is 2.12. The second-order valence-electron chi connectivity index (χ2n) is 7.62. The molecule has 0 saturated heterocycles. The van der Waals surface area contributed by atoms with Crippen molar-refractivity contribution in [2.24, 2.45) is 5.92 Å². The summed E-state index contributed by atoms with van der Waals surface area (Å²) in [5, 5.41) is 7.32. The number of halogens is 3. The molecule has 2 nitrogen and oxygen atoms in total. The van der Waals surface area contributed by atoms with Gasteiger partial charge in [-0.2, -0.15) is 18.4 Å². The molecule has 0 spiro atoms. The van der Waals surface area contributed by atoms with E-state index in [2.05, 4.69) is 36.2 Å². The fraction of sp³-hybridized carbons (Fsp3) is 0.458. The molecule has 0 amide bonds. The zero-order valence-corrected chi connectivity index (χ0v) is 17.1. The fourth-order valence-electron chi connectivity index (χ4n) is 3.75. The van der Waals surface area contributed by atoms with E-state index in [0.717, 1.165) is 31.5 Å². The minimum Gasteiger partial charge on any atom is -0.302 e. The van der Waals surface area contributed by atoms with Gasteiger partial charge in [0.25, 0.3) is 0 Å². The second kappa shape index (κ2) is 11.0. The van der Waals surface area contributed by atoms with E-state index in [1.54, 1.807) is 6.07 Å². The maximum atomic E-state index is 12.9. The molecular formula is C24H29F3N2. The molecule has 2 atom stereocenters. The third-order valence-electron chi connectivity index (χ3n) is 5.40. The molecule has 1 aliphatic carbocycles. The fourth-order valence-corrected chi connectivity index (χ4v) is 3.75. The van der Waals surface area contributed by atoms with Gasteiger partial charge in [0.05, 0.1) is 12.0 Å². The van der Waals surface area contributed by atoms with Crippen molar-refractivity contribution >= 4 is 0 Å². The van der Waals surface area contributed by atoms with Crippen LogP contribution in [0, 0.1) is 17.2 Å². The normalized spacial score (nSPS) is 18.4. The molecule has 0 aromatic heterocycles. The first-order valence-corrected chi connectivity index (χ1v) is 10.0. The highest BCUT2D eigenvalue weighted by molar-refractivity contribution is 5.28. The Hall–Kier alpha value is -2.32. The van der Waals surface area contributed by atoms with Crippen LogP contribution in [0.4, 0.5) is 13.2 Å². The molecule has 2 unspecified atom stereocenters. The Bertz CT molecular complexity index is 763. The van der Waals surface area contributed by atoms with Crippen molar-refractivity contribution in [3.8, 4) is 6.07 Å². The zero-order chi connectivity index (χ0) is 21.3. The van der Waals surface area contributed by atoms with Gasteiger partial charge in [-0.05, 0) is 61.9 Å². The lowest BCUT2D eigenvalue weighted by Crippen LogP contribution is -2.36. The minimum absolute atomic E-state index is 0.268. The highest BCUT2D eigenvalue weighted by Crippen LogP contribution is 2.50. The first-order valence-electron chi connectivity index (χ1n) is 10.0. The first-order chi connectivity index (χ1) is 13.8. The van der Waals surface area contributed by atoms with Crippen molar-refractivity contribution in [2.45, 2.75) is 51.2 Å². The molecule has 0 bridgehead atoms. The van der Waals surface area contributed by atoms with Gasteiger partial charge >= 0.3 is 6.18 Å². The summed E-state index contributed by atoms with van der Waals surface area (Å²) in [4.78, 5) is 2.30. The van der Waals surface area contributed by atoms with Gasteiger partial charge in [0.15, 0.2) is 0 Å². The number of nitrogens with zero attached hydrogens (tertiary/aromatic N) is 2. The number of aryl methyl sites for hydroxylation is 1. The van der Waals surface area contributed by atoms with Crippen molar-refractivity contribution in [2.75, 3.05) is 13.6 Å². The first kappa shape index (κ1) is 23.0. The van der Waals surface area contributed by atoms with Crippen LogP contribution in [0.25, 0.3) is 0 Å². The van der Waals surface area contributed by atoms with Crippen molar-refractivity contribution in [1.82, 2.24) is 4.90 Å². The number of hydrogen-bond acceptors (Lipinski definition) is 2. The summed E-state index contributed by atoms with van der Waals surface area (Å²) in [5.41, 5.74) is 3.34. The monoisotopic (exact) mass is 402 g/mol. The van der Waals surface area contributed by atoms with Crippen LogP contribution in [-0.2, 0) is 13.0 Å². The van der Waals surface area contributed by atoms with E-state index >= 15 is 0 Å². The average molecular weight is 403 g/mol. The summed E-state index contributed by atoms with van der Waals surface area (Å²) in [6.45, 7) is 3.36. The largest absolute Gasteiger partial charge is 0.392 e. The van der Waals surface area contributed by atoms with Crippen LogP contribution in [0.2, 0.25) is 0 Å². The Morgan fingerprint density at radius 1 is 1.00 bits per heavy atom. The van der Waals surface area contributed by atoms with Gasteiger partial charge in [-0.3, -0.25) is 0 Å². The second-order valence-corrected chi connectivity index (χ2v) is 7.62. The Morgan fingerprint density at radius 3 is 2.14 bits per heavy atom. The molecule has 2 aromatic carbocycles. The topological polar surface area (TPSA) is 27.0 Å². The van der Waals surface area contributed by atoms with E-state index in [-0.39, 0.29) is 12.3 Å². The summed E-state index contributed by atoms with van der Waals surface area (Å²) in [5.74, 6) is -1.50. The van der Waals surface area contributed by atoms with Crippen molar-refractivity contribution in [3.05, 3.63) is 71.3 Å². The average Bonchev–Trinajstić information content (AvgIpc) is 2.62. The Kier molecular flexibility index (Phi) is 8.72. The standard InChI is InChI=1S/C22H26F3N.C2H3N/c1-26(16-18-6-3-2-4-7-18)15-5-8-17-9-11-19(12-10-17)20-13-14-21(20)22(23,24)25;1-2-3/h2-4,6-7,9-12,20-21H,5,8,13-16H2,1H3;1H3. The van der Waals surface area contributed by atoms with E-state index in [9.17, 15) is 13.2 Å². The van der Waals surface area contributed by atoms with E-state index in [0.29, 0.717) is 6.42 Å². The molecule has 1 fully saturated rings. The van der Waals surface area contributed by atoms with Crippen LogP contribution >= 0.6 is 0 Å². The van der Waals surface area contributed by atoms with Crippen molar-refractivity contribution in [1.29, 1.82) is 5.26 Å². The van der Waals surface area contributed by atoms with E-state index in [1.807, 2.05) is 30.3 Å². The van der Waals surface area contributed by atoms with Crippen LogP contribution in [0.15, 0.2) is 54.6 Å². The molecule has 0 N–H and O–H groups in total. The highest BCUT2D eigenvalue weighted by atomic mass is 19.4. The molecule has 3 rings (SSSR count). The minimum atomic E-state index is -4.06. The van der Waals surface area contributed by atoms with E-state index in [1.165, 1.54) is 18.1 Å². The Balaban J connectivity index is 0.000000941. The van der Waals surface area contributed by atoms with Gasteiger partial charge in [-0.1, -0.05) is 54.6 Å². The van der Waals surface area contributed by atoms with Gasteiger partial charge in [0, 0.05) is 13.5 Å².